The number of halogens is 3. The number of hydrogen-bond donors (Lipinski definition) is 3. The predicted molar refractivity (Wildman–Crippen MR) is 164 cm³/mol. The molecule has 1 aliphatic rings. The third-order valence-electron chi connectivity index (χ3n) is 7.50. The second kappa shape index (κ2) is 14.8. The molecule has 0 aromatic carbocycles. The van der Waals surface area contributed by atoms with Gasteiger partial charge >= 0.3 is 0 Å². The van der Waals surface area contributed by atoms with Crippen molar-refractivity contribution in [1.82, 2.24) is 25.3 Å². The molecule has 3 atom stereocenters. The van der Waals surface area contributed by atoms with Crippen LogP contribution in [0.25, 0.3) is 0 Å². The Morgan fingerprint density at radius 2 is 1.77 bits per heavy atom. The Morgan fingerprint density at radius 1 is 1.05 bits per heavy atom. The van der Waals surface area contributed by atoms with E-state index >= 15 is 0 Å². The second-order valence-corrected chi connectivity index (χ2v) is 12.2. The van der Waals surface area contributed by atoms with Gasteiger partial charge in [0.2, 0.25) is 5.91 Å². The van der Waals surface area contributed by atoms with Crippen molar-refractivity contribution in [2.24, 2.45) is 11.7 Å². The number of rotatable bonds is 9. The topological polar surface area (TPSA) is 153 Å². The predicted octanol–water partition coefficient (Wildman–Crippen LogP) is 6.32. The number of thiazole rings is 1. The fraction of sp³-hybridized carbons (Fsp3) is 0.433. The van der Waals surface area contributed by atoms with E-state index in [0.717, 1.165) is 74.2 Å². The highest BCUT2D eigenvalue weighted by Gasteiger charge is 2.31. The molecule has 0 saturated heterocycles. The molecule has 0 spiro atoms. The van der Waals surface area contributed by atoms with Gasteiger partial charge in [-0.3, -0.25) is 14.4 Å². The van der Waals surface area contributed by atoms with E-state index in [2.05, 4.69) is 30.6 Å². The summed E-state index contributed by atoms with van der Waals surface area (Å²) in [5.41, 5.74) is 6.05. The number of carbonyl (C=O) groups excluding carboxylic acids is 3. The van der Waals surface area contributed by atoms with Gasteiger partial charge in [-0.05, 0) is 57.7 Å². The minimum atomic E-state index is -3.34. The largest absolute Gasteiger partial charge is 0.369 e. The Hall–Kier alpha value is -3.84. The maximum atomic E-state index is 14.4. The fourth-order valence-corrected chi connectivity index (χ4v) is 6.19. The number of nitrogens with two attached hydrogens (primary N) is 1. The lowest BCUT2D eigenvalue weighted by atomic mass is 9.92. The van der Waals surface area contributed by atoms with Crippen LogP contribution in [0.5, 0.6) is 0 Å². The van der Waals surface area contributed by atoms with E-state index in [9.17, 15) is 23.2 Å². The first-order valence-corrected chi connectivity index (χ1v) is 15.5. The number of primary amides is 1. The highest BCUT2D eigenvalue weighted by Crippen LogP contribution is 2.36. The van der Waals surface area contributed by atoms with Gasteiger partial charge in [0, 0.05) is 29.3 Å². The van der Waals surface area contributed by atoms with Crippen LogP contribution in [0.4, 0.5) is 14.6 Å². The zero-order valence-corrected chi connectivity index (χ0v) is 25.9. The van der Waals surface area contributed by atoms with Crippen molar-refractivity contribution in [2.75, 3.05) is 5.32 Å². The normalized spacial score (nSPS) is 18.6. The van der Waals surface area contributed by atoms with Gasteiger partial charge in [0.1, 0.15) is 27.7 Å². The quantitative estimate of drug-likeness (QED) is 0.230. The van der Waals surface area contributed by atoms with Crippen LogP contribution in [-0.4, -0.2) is 37.7 Å². The minimum absolute atomic E-state index is 0.0948. The zero-order valence-electron chi connectivity index (χ0n) is 24.4. The minimum Gasteiger partial charge on any atom is -0.369 e. The van der Waals surface area contributed by atoms with Crippen LogP contribution in [0.3, 0.4) is 0 Å². The molecule has 10 nitrogen and oxygen atoms in total. The van der Waals surface area contributed by atoms with Crippen molar-refractivity contribution in [3.63, 3.8) is 0 Å². The van der Waals surface area contributed by atoms with Gasteiger partial charge in [0.25, 0.3) is 17.7 Å². The van der Waals surface area contributed by atoms with Crippen molar-refractivity contribution in [2.45, 2.75) is 76.7 Å². The number of allylic oxidation sites excluding steroid dienone is 2. The van der Waals surface area contributed by atoms with Gasteiger partial charge in [0.15, 0.2) is 0 Å². The third-order valence-corrected chi connectivity index (χ3v) is 8.98. The summed E-state index contributed by atoms with van der Waals surface area (Å²) < 4.78 is 28.8. The van der Waals surface area contributed by atoms with Crippen LogP contribution in [-0.2, 0) is 10.7 Å². The molecule has 1 fully saturated rings. The van der Waals surface area contributed by atoms with E-state index in [-0.39, 0.29) is 39.2 Å². The van der Waals surface area contributed by atoms with Crippen molar-refractivity contribution >= 4 is 46.5 Å². The number of amides is 3. The average Bonchev–Trinajstić information content (AvgIpc) is 3.52. The molecule has 14 heteroatoms. The van der Waals surface area contributed by atoms with E-state index < -0.39 is 29.3 Å². The lowest BCUT2D eigenvalue weighted by Gasteiger charge is -2.16. The number of pyridine rings is 1. The molecule has 4 rings (SSSR count). The molecule has 3 heterocycles. The van der Waals surface area contributed by atoms with Crippen molar-refractivity contribution in [3.8, 4) is 0 Å². The first kappa shape index (κ1) is 33.1. The van der Waals surface area contributed by atoms with Gasteiger partial charge in [-0.1, -0.05) is 36.9 Å². The molecule has 234 valence electrons. The van der Waals surface area contributed by atoms with Crippen molar-refractivity contribution in [1.29, 1.82) is 0 Å². The van der Waals surface area contributed by atoms with E-state index in [1.165, 1.54) is 25.5 Å². The van der Waals surface area contributed by atoms with Crippen LogP contribution < -0.4 is 16.4 Å². The summed E-state index contributed by atoms with van der Waals surface area (Å²) in [5, 5.41) is 5.58. The summed E-state index contributed by atoms with van der Waals surface area (Å²) in [6, 6.07) is 2.17. The van der Waals surface area contributed by atoms with Gasteiger partial charge in [-0.25, -0.2) is 19.9 Å². The molecular weight excluding hydrogens is 612 g/mol. The molecule has 3 unspecified atom stereocenters. The lowest BCUT2D eigenvalue weighted by molar-refractivity contribution is -0.122. The second-order valence-electron chi connectivity index (χ2n) is 10.7. The Kier molecular flexibility index (Phi) is 11.1. The van der Waals surface area contributed by atoms with Gasteiger partial charge in [0.05, 0.1) is 17.3 Å². The van der Waals surface area contributed by atoms with E-state index in [0.29, 0.717) is 11.1 Å². The van der Waals surface area contributed by atoms with Crippen molar-refractivity contribution in [3.05, 3.63) is 74.9 Å². The fourth-order valence-electron chi connectivity index (χ4n) is 5.15. The molecule has 3 aromatic heterocycles. The SMILES string of the molecule is C/C=C/C(F)(F)c1cc(NC(=O)c2cnc(C(C)NC(=O)c3cc(C4CCCCC(C(N)=O)CCC4)ncn3)s2)ncc1Cl. The number of alkyl halides is 2. The molecule has 1 aliphatic carbocycles. The third kappa shape index (κ3) is 8.41. The van der Waals surface area contributed by atoms with Crippen LogP contribution in [0.1, 0.15) is 107 Å². The van der Waals surface area contributed by atoms with Gasteiger partial charge < -0.3 is 16.4 Å². The average molecular weight is 646 g/mol. The molecule has 44 heavy (non-hydrogen) atoms. The first-order valence-electron chi connectivity index (χ1n) is 14.3. The Labute approximate surface area is 262 Å². The van der Waals surface area contributed by atoms with Crippen LogP contribution in [0, 0.1) is 5.92 Å². The highest BCUT2D eigenvalue weighted by molar-refractivity contribution is 7.13. The molecule has 3 amide bonds. The highest BCUT2D eigenvalue weighted by atomic mass is 35.5. The van der Waals surface area contributed by atoms with Crippen LogP contribution in [0.15, 0.2) is 43.0 Å². The lowest BCUT2D eigenvalue weighted by Crippen LogP contribution is -2.27. The zero-order chi connectivity index (χ0) is 31.9. The molecule has 4 N–H and O–H groups in total. The van der Waals surface area contributed by atoms with E-state index in [1.807, 2.05) is 0 Å². The van der Waals surface area contributed by atoms with E-state index in [4.69, 9.17) is 17.3 Å². The number of nitrogens with one attached hydrogen (secondary N) is 2. The smallest absolute Gasteiger partial charge is 0.293 e. The summed E-state index contributed by atoms with van der Waals surface area (Å²) in [5.74, 6) is -4.64. The summed E-state index contributed by atoms with van der Waals surface area (Å²) in [6.45, 7) is 3.19. The van der Waals surface area contributed by atoms with Crippen molar-refractivity contribution < 1.29 is 23.2 Å². The number of aromatic nitrogens is 4. The number of hydrogen-bond acceptors (Lipinski definition) is 8. The summed E-state index contributed by atoms with van der Waals surface area (Å²) in [7, 11) is 0. The van der Waals surface area contributed by atoms with Gasteiger partial charge in [-0.15, -0.1) is 11.3 Å². The number of nitrogens with zero attached hydrogens (tertiary/aromatic N) is 4. The Balaban J connectivity index is 1.39. The molecule has 0 aliphatic heterocycles. The molecular formula is C30H34ClF2N7O3S. The summed E-state index contributed by atoms with van der Waals surface area (Å²) >= 11 is 6.97. The molecule has 1 saturated carbocycles. The van der Waals surface area contributed by atoms with Gasteiger partial charge in [-0.2, -0.15) is 8.78 Å². The Bertz CT molecular complexity index is 1530. The summed E-state index contributed by atoms with van der Waals surface area (Å²) in [4.78, 5) is 54.6. The molecule has 0 bridgehead atoms. The Morgan fingerprint density at radius 3 is 2.52 bits per heavy atom. The standard InChI is InChI=1S/C30H34ClF2N7O3S/c1-3-11-30(32,33)20-12-25(35-14-21(20)31)40-28(43)24-15-36-29(44-24)17(2)39-27(42)23-13-22(37-16-38-23)18-7-4-5-8-19(26(34)41)10-6-9-18/h3,11-19H,4-10H2,1-2H3,(H2,34,41)(H,39,42)(H,35,40,43)/b11-3+. The molecule has 0 radical (unpaired) electrons. The van der Waals surface area contributed by atoms with Crippen LogP contribution in [0.2, 0.25) is 5.02 Å². The number of anilines is 1. The van der Waals surface area contributed by atoms with E-state index in [1.54, 1.807) is 13.0 Å². The molecule has 3 aromatic rings. The van der Waals surface area contributed by atoms with Crippen LogP contribution >= 0.6 is 22.9 Å². The summed E-state index contributed by atoms with van der Waals surface area (Å²) in [6.07, 6.45) is 11.7. The maximum absolute atomic E-state index is 14.4. The number of carbonyl (C=O) groups is 3. The monoisotopic (exact) mass is 645 g/mol. The maximum Gasteiger partial charge on any atom is 0.293 e. The first-order chi connectivity index (χ1) is 21.0.